The Morgan fingerprint density at radius 3 is 2.81 bits per heavy atom. The minimum absolute atomic E-state index is 0.500. The maximum Gasteiger partial charge on any atom is 0.180 e. The largest absolute Gasteiger partial charge is 0.326 e. The lowest BCUT2D eigenvalue weighted by atomic mass is 10.2. The van der Waals surface area contributed by atoms with Gasteiger partial charge in [0.15, 0.2) is 4.34 Å². The molecule has 0 radical (unpaired) electrons. The molecule has 4 nitrogen and oxygen atoms in total. The summed E-state index contributed by atoms with van der Waals surface area (Å²) in [7, 11) is 0. The van der Waals surface area contributed by atoms with Crippen LogP contribution >= 0.6 is 23.1 Å². The third kappa shape index (κ3) is 2.40. The van der Waals surface area contributed by atoms with E-state index in [1.807, 2.05) is 19.9 Å². The fourth-order valence-corrected chi connectivity index (χ4v) is 3.21. The van der Waals surface area contributed by atoms with Gasteiger partial charge in [-0.05, 0) is 37.2 Å². The van der Waals surface area contributed by atoms with Crippen molar-refractivity contribution in [3.05, 3.63) is 28.4 Å². The van der Waals surface area contributed by atoms with Gasteiger partial charge in [-0.3, -0.25) is 0 Å². The summed E-state index contributed by atoms with van der Waals surface area (Å²) >= 11 is 3.10. The molecular weight excluding hydrogens is 240 g/mol. The summed E-state index contributed by atoms with van der Waals surface area (Å²) in [6.45, 7) is 4.48. The van der Waals surface area contributed by atoms with Crippen molar-refractivity contribution >= 4 is 23.1 Å². The van der Waals surface area contributed by atoms with Crippen LogP contribution in [0.25, 0.3) is 0 Å². The van der Waals surface area contributed by atoms with Crippen molar-refractivity contribution in [2.24, 2.45) is 5.73 Å². The van der Waals surface area contributed by atoms with Crippen molar-refractivity contribution in [1.82, 2.24) is 15.2 Å². The van der Waals surface area contributed by atoms with Crippen LogP contribution in [-0.4, -0.2) is 15.2 Å². The molecule has 2 rings (SSSR count). The number of hydrogen-bond donors (Lipinski definition) is 1. The van der Waals surface area contributed by atoms with Crippen molar-refractivity contribution in [3.63, 3.8) is 0 Å². The highest BCUT2D eigenvalue weighted by Crippen LogP contribution is 2.31. The van der Waals surface area contributed by atoms with Crippen molar-refractivity contribution in [2.75, 3.05) is 0 Å². The molecule has 0 saturated heterocycles. The van der Waals surface area contributed by atoms with Gasteiger partial charge in [0, 0.05) is 18.3 Å². The van der Waals surface area contributed by atoms with E-state index in [9.17, 15) is 0 Å². The van der Waals surface area contributed by atoms with Gasteiger partial charge in [-0.1, -0.05) is 11.3 Å². The second kappa shape index (κ2) is 4.90. The minimum Gasteiger partial charge on any atom is -0.326 e. The summed E-state index contributed by atoms with van der Waals surface area (Å²) < 4.78 is 0.908. The molecule has 2 N–H and O–H groups in total. The predicted molar refractivity (Wildman–Crippen MR) is 65.6 cm³/mol. The summed E-state index contributed by atoms with van der Waals surface area (Å²) in [5.41, 5.74) is 7.98. The van der Waals surface area contributed by atoms with E-state index < -0.39 is 0 Å². The third-order valence-corrected chi connectivity index (χ3v) is 4.08. The molecule has 0 aromatic carbocycles. The van der Waals surface area contributed by atoms with Crippen molar-refractivity contribution < 1.29 is 0 Å². The Balaban J connectivity index is 2.30. The average Bonchev–Trinajstić information content (AvgIpc) is 2.64. The Morgan fingerprint density at radius 1 is 1.38 bits per heavy atom. The van der Waals surface area contributed by atoms with Crippen LogP contribution in [0, 0.1) is 13.8 Å². The van der Waals surface area contributed by atoms with Gasteiger partial charge in [-0.15, -0.1) is 10.2 Å². The first-order valence-electron chi connectivity index (χ1n) is 4.83. The number of hydrogen-bond acceptors (Lipinski definition) is 6. The van der Waals surface area contributed by atoms with E-state index in [4.69, 9.17) is 5.73 Å². The topological polar surface area (TPSA) is 64.7 Å². The molecule has 0 aliphatic carbocycles. The van der Waals surface area contributed by atoms with E-state index in [1.165, 1.54) is 17.3 Å². The molecule has 0 bridgehead atoms. The molecule has 0 amide bonds. The van der Waals surface area contributed by atoms with Crippen LogP contribution in [0.15, 0.2) is 21.6 Å². The molecule has 0 unspecified atom stereocenters. The van der Waals surface area contributed by atoms with E-state index in [1.54, 1.807) is 17.5 Å². The Hall–Kier alpha value is -0.980. The summed E-state index contributed by atoms with van der Waals surface area (Å²) in [5.74, 6) is 0. The number of aromatic nitrogens is 3. The van der Waals surface area contributed by atoms with Gasteiger partial charge in [-0.2, -0.15) is 0 Å². The lowest BCUT2D eigenvalue weighted by Gasteiger charge is -2.06. The zero-order valence-electron chi connectivity index (χ0n) is 9.10. The molecule has 2 heterocycles. The molecule has 0 fully saturated rings. The highest BCUT2D eigenvalue weighted by molar-refractivity contribution is 8.01. The molecule has 0 spiro atoms. The van der Waals surface area contributed by atoms with Gasteiger partial charge < -0.3 is 5.73 Å². The number of rotatable bonds is 3. The molecule has 2 aromatic rings. The lowest BCUT2D eigenvalue weighted by molar-refractivity contribution is 0.935. The lowest BCUT2D eigenvalue weighted by Crippen LogP contribution is -2.02. The molecule has 0 atom stereocenters. The van der Waals surface area contributed by atoms with E-state index >= 15 is 0 Å². The van der Waals surface area contributed by atoms with Crippen LogP contribution in [0.1, 0.15) is 16.1 Å². The quantitative estimate of drug-likeness (QED) is 0.907. The summed E-state index contributed by atoms with van der Waals surface area (Å²) in [6.07, 6.45) is 1.80. The van der Waals surface area contributed by atoms with Crippen LogP contribution in [0.4, 0.5) is 0 Å². The van der Waals surface area contributed by atoms with Gasteiger partial charge >= 0.3 is 0 Å². The highest BCUT2D eigenvalue weighted by atomic mass is 32.2. The zero-order chi connectivity index (χ0) is 11.5. The molecule has 2 aromatic heterocycles. The molecule has 0 aliphatic rings. The fourth-order valence-electron chi connectivity index (χ4n) is 1.30. The molecule has 84 valence electrons. The average molecular weight is 252 g/mol. The Morgan fingerprint density at radius 2 is 2.19 bits per heavy atom. The first-order valence-corrected chi connectivity index (χ1v) is 6.46. The smallest absolute Gasteiger partial charge is 0.180 e. The molecule has 16 heavy (non-hydrogen) atoms. The van der Waals surface area contributed by atoms with Crippen molar-refractivity contribution in [2.45, 2.75) is 29.8 Å². The van der Waals surface area contributed by atoms with E-state index in [0.29, 0.717) is 6.54 Å². The standard InChI is InChI=1S/C10H12N4S2/c1-6-3-4-12-9(8(6)5-11)16-10-14-13-7(2)15-10/h3-4H,5,11H2,1-2H3. The first kappa shape index (κ1) is 11.5. The van der Waals surface area contributed by atoms with Crippen molar-refractivity contribution in [3.8, 4) is 0 Å². The molecule has 0 saturated carbocycles. The summed E-state index contributed by atoms with van der Waals surface area (Å²) in [5, 5.41) is 9.94. The third-order valence-electron chi connectivity index (χ3n) is 2.15. The second-order valence-corrected chi connectivity index (χ2v) is 5.72. The predicted octanol–water partition coefficient (Wildman–Crippen LogP) is 2.16. The van der Waals surface area contributed by atoms with Crippen LogP contribution in [-0.2, 0) is 6.54 Å². The van der Waals surface area contributed by atoms with Gasteiger partial charge in [0.1, 0.15) is 10.0 Å². The van der Waals surface area contributed by atoms with E-state index in [2.05, 4.69) is 15.2 Å². The monoisotopic (exact) mass is 252 g/mol. The van der Waals surface area contributed by atoms with Crippen LogP contribution in [0.2, 0.25) is 0 Å². The fraction of sp³-hybridized carbons (Fsp3) is 0.300. The summed E-state index contributed by atoms with van der Waals surface area (Å²) in [4.78, 5) is 4.34. The normalized spacial score (nSPS) is 10.7. The molecule has 6 heteroatoms. The summed E-state index contributed by atoms with van der Waals surface area (Å²) in [6, 6.07) is 1.97. The van der Waals surface area contributed by atoms with Crippen molar-refractivity contribution in [1.29, 1.82) is 0 Å². The molecule has 0 aliphatic heterocycles. The van der Waals surface area contributed by atoms with Crippen LogP contribution in [0.3, 0.4) is 0 Å². The Labute approximate surface area is 102 Å². The number of pyridine rings is 1. The second-order valence-electron chi connectivity index (χ2n) is 3.30. The zero-order valence-corrected chi connectivity index (χ0v) is 10.7. The highest BCUT2D eigenvalue weighted by Gasteiger charge is 2.10. The van der Waals surface area contributed by atoms with Crippen LogP contribution < -0.4 is 5.73 Å². The number of aryl methyl sites for hydroxylation is 2. The molecular formula is C10H12N4S2. The van der Waals surface area contributed by atoms with Gasteiger partial charge in [0.25, 0.3) is 0 Å². The van der Waals surface area contributed by atoms with E-state index in [0.717, 1.165) is 19.9 Å². The van der Waals surface area contributed by atoms with E-state index in [-0.39, 0.29) is 0 Å². The Bertz CT molecular complexity index is 495. The number of nitrogens with zero attached hydrogens (tertiary/aromatic N) is 3. The maximum absolute atomic E-state index is 5.72. The Kier molecular flexibility index (Phi) is 3.52. The maximum atomic E-state index is 5.72. The van der Waals surface area contributed by atoms with Gasteiger partial charge in [-0.25, -0.2) is 4.98 Å². The SMILES string of the molecule is Cc1nnc(Sc2nccc(C)c2CN)s1. The minimum atomic E-state index is 0.500. The van der Waals surface area contributed by atoms with Gasteiger partial charge in [0.2, 0.25) is 0 Å². The van der Waals surface area contributed by atoms with Crippen LogP contribution in [0.5, 0.6) is 0 Å². The first-order chi connectivity index (χ1) is 7.70. The van der Waals surface area contributed by atoms with Gasteiger partial charge in [0.05, 0.1) is 0 Å². The number of nitrogens with two attached hydrogens (primary N) is 1.